The van der Waals surface area contributed by atoms with Crippen LogP contribution in [0.5, 0.6) is 5.75 Å². The molecule has 2 aromatic rings. The van der Waals surface area contributed by atoms with Crippen LogP contribution in [0.1, 0.15) is 22.8 Å². The van der Waals surface area contributed by atoms with Crippen molar-refractivity contribution in [1.82, 2.24) is 0 Å². The van der Waals surface area contributed by atoms with Gasteiger partial charge in [-0.25, -0.2) is 4.39 Å². The lowest BCUT2D eigenvalue weighted by atomic mass is 10.1. The first kappa shape index (κ1) is 14.1. The SMILES string of the molecule is CCOc1ccccc1NC(=O)c1ccc(F)c(C)c1. The van der Waals surface area contributed by atoms with E-state index in [1.54, 1.807) is 19.1 Å². The molecule has 2 aromatic carbocycles. The molecule has 0 atom stereocenters. The third-order valence-corrected chi connectivity index (χ3v) is 2.86. The molecule has 0 aliphatic heterocycles. The van der Waals surface area contributed by atoms with Crippen molar-refractivity contribution in [2.45, 2.75) is 13.8 Å². The molecule has 0 fully saturated rings. The molecule has 0 spiro atoms. The lowest BCUT2D eigenvalue weighted by molar-refractivity contribution is 0.102. The topological polar surface area (TPSA) is 38.3 Å². The Bertz CT molecular complexity index is 626. The Balaban J connectivity index is 2.21. The number of rotatable bonds is 4. The van der Waals surface area contributed by atoms with Crippen molar-refractivity contribution in [2.24, 2.45) is 0 Å². The van der Waals surface area contributed by atoms with E-state index in [2.05, 4.69) is 5.32 Å². The predicted molar refractivity (Wildman–Crippen MR) is 76.7 cm³/mol. The first-order valence-corrected chi connectivity index (χ1v) is 6.41. The molecule has 0 radical (unpaired) electrons. The lowest BCUT2D eigenvalue weighted by Crippen LogP contribution is -2.13. The maximum absolute atomic E-state index is 13.2. The number of aryl methyl sites for hydroxylation is 1. The summed E-state index contributed by atoms with van der Waals surface area (Å²) in [5.74, 6) is -0.00120. The van der Waals surface area contributed by atoms with Crippen LogP contribution in [0.15, 0.2) is 42.5 Å². The molecule has 0 aliphatic rings. The van der Waals surface area contributed by atoms with Crippen molar-refractivity contribution in [3.8, 4) is 5.75 Å². The van der Waals surface area contributed by atoms with Gasteiger partial charge in [0.15, 0.2) is 0 Å². The molecule has 3 nitrogen and oxygen atoms in total. The molecule has 2 rings (SSSR count). The van der Waals surface area contributed by atoms with Crippen molar-refractivity contribution in [2.75, 3.05) is 11.9 Å². The minimum atomic E-state index is -0.323. The third-order valence-electron chi connectivity index (χ3n) is 2.86. The third kappa shape index (κ3) is 3.15. The first-order chi connectivity index (χ1) is 9.61. The summed E-state index contributed by atoms with van der Waals surface area (Å²) in [7, 11) is 0. The second kappa shape index (κ2) is 6.19. The average Bonchev–Trinajstić information content (AvgIpc) is 2.44. The van der Waals surface area contributed by atoms with Crippen LogP contribution < -0.4 is 10.1 Å². The lowest BCUT2D eigenvalue weighted by Gasteiger charge is -2.11. The maximum Gasteiger partial charge on any atom is 0.255 e. The number of nitrogens with one attached hydrogen (secondary N) is 1. The zero-order chi connectivity index (χ0) is 14.5. The van der Waals surface area contributed by atoms with Crippen LogP contribution in [-0.2, 0) is 0 Å². The normalized spacial score (nSPS) is 10.2. The van der Waals surface area contributed by atoms with Gasteiger partial charge in [-0.05, 0) is 49.7 Å². The minimum Gasteiger partial charge on any atom is -0.492 e. The van der Waals surface area contributed by atoms with Gasteiger partial charge in [0.05, 0.1) is 12.3 Å². The van der Waals surface area contributed by atoms with Gasteiger partial charge < -0.3 is 10.1 Å². The summed E-state index contributed by atoms with van der Waals surface area (Å²) >= 11 is 0. The van der Waals surface area contributed by atoms with Crippen LogP contribution in [0.4, 0.5) is 10.1 Å². The zero-order valence-corrected chi connectivity index (χ0v) is 11.4. The Kier molecular flexibility index (Phi) is 4.35. The Morgan fingerprint density at radius 2 is 2.00 bits per heavy atom. The average molecular weight is 273 g/mol. The Hall–Kier alpha value is -2.36. The van der Waals surface area contributed by atoms with Crippen molar-refractivity contribution in [3.05, 3.63) is 59.4 Å². The molecule has 0 saturated carbocycles. The fourth-order valence-corrected chi connectivity index (χ4v) is 1.83. The van der Waals surface area contributed by atoms with Gasteiger partial charge >= 0.3 is 0 Å². The number of ether oxygens (including phenoxy) is 1. The van der Waals surface area contributed by atoms with Gasteiger partial charge in [-0.3, -0.25) is 4.79 Å². The van der Waals surface area contributed by atoms with Crippen LogP contribution >= 0.6 is 0 Å². The second-order valence-corrected chi connectivity index (χ2v) is 4.35. The number of carbonyl (C=O) groups is 1. The molecule has 0 unspecified atom stereocenters. The molecule has 20 heavy (non-hydrogen) atoms. The molecule has 0 heterocycles. The first-order valence-electron chi connectivity index (χ1n) is 6.41. The molecule has 1 amide bonds. The number of para-hydroxylation sites is 2. The standard InChI is InChI=1S/C16H16FNO2/c1-3-20-15-7-5-4-6-14(15)18-16(19)12-8-9-13(17)11(2)10-12/h4-10H,3H2,1-2H3,(H,18,19). The minimum absolute atomic E-state index is 0.291. The van der Waals surface area contributed by atoms with Crippen LogP contribution in [0.25, 0.3) is 0 Å². The molecule has 4 heteroatoms. The van der Waals surface area contributed by atoms with Crippen LogP contribution in [0.2, 0.25) is 0 Å². The van der Waals surface area contributed by atoms with Gasteiger partial charge in [0.25, 0.3) is 5.91 Å². The number of halogens is 1. The summed E-state index contributed by atoms with van der Waals surface area (Å²) in [4.78, 5) is 12.1. The fraction of sp³-hybridized carbons (Fsp3) is 0.188. The number of carbonyl (C=O) groups excluding carboxylic acids is 1. The fourth-order valence-electron chi connectivity index (χ4n) is 1.83. The zero-order valence-electron chi connectivity index (χ0n) is 11.4. The predicted octanol–water partition coefficient (Wildman–Crippen LogP) is 3.79. The van der Waals surface area contributed by atoms with Crippen molar-refractivity contribution >= 4 is 11.6 Å². The Morgan fingerprint density at radius 3 is 2.70 bits per heavy atom. The van der Waals surface area contributed by atoms with Crippen LogP contribution in [-0.4, -0.2) is 12.5 Å². The van der Waals surface area contributed by atoms with Crippen LogP contribution in [0.3, 0.4) is 0 Å². The van der Waals surface area contributed by atoms with Gasteiger partial charge in [-0.2, -0.15) is 0 Å². The van der Waals surface area contributed by atoms with Gasteiger partial charge in [-0.15, -0.1) is 0 Å². The summed E-state index contributed by atoms with van der Waals surface area (Å²) in [6, 6.07) is 11.5. The molecule has 104 valence electrons. The number of amides is 1. The summed E-state index contributed by atoms with van der Waals surface area (Å²) < 4.78 is 18.6. The number of hydrogen-bond acceptors (Lipinski definition) is 2. The van der Waals surface area contributed by atoms with Gasteiger partial charge in [-0.1, -0.05) is 12.1 Å². The molecule has 1 N–H and O–H groups in total. The molecule has 0 saturated heterocycles. The summed E-state index contributed by atoms with van der Waals surface area (Å²) in [5.41, 5.74) is 1.45. The van der Waals surface area contributed by atoms with E-state index in [-0.39, 0.29) is 11.7 Å². The van der Waals surface area contributed by atoms with E-state index in [1.807, 2.05) is 19.1 Å². The second-order valence-electron chi connectivity index (χ2n) is 4.35. The highest BCUT2D eigenvalue weighted by atomic mass is 19.1. The number of hydrogen-bond donors (Lipinski definition) is 1. The van der Waals surface area contributed by atoms with Gasteiger partial charge in [0.1, 0.15) is 11.6 Å². The maximum atomic E-state index is 13.2. The van der Waals surface area contributed by atoms with Gasteiger partial charge in [0.2, 0.25) is 0 Å². The van der Waals surface area contributed by atoms with Crippen LogP contribution in [0, 0.1) is 12.7 Å². The van der Waals surface area contributed by atoms with E-state index < -0.39 is 0 Å². The van der Waals surface area contributed by atoms with Crippen molar-refractivity contribution in [3.63, 3.8) is 0 Å². The smallest absolute Gasteiger partial charge is 0.255 e. The van der Waals surface area contributed by atoms with E-state index in [0.717, 1.165) is 0 Å². The highest BCUT2D eigenvalue weighted by Crippen LogP contribution is 2.24. The van der Waals surface area contributed by atoms with Crippen molar-refractivity contribution < 1.29 is 13.9 Å². The molecular formula is C16H16FNO2. The highest BCUT2D eigenvalue weighted by Gasteiger charge is 2.10. The number of anilines is 1. The largest absolute Gasteiger partial charge is 0.492 e. The van der Waals surface area contributed by atoms with E-state index in [1.165, 1.54) is 18.2 Å². The van der Waals surface area contributed by atoms with E-state index in [0.29, 0.717) is 29.2 Å². The summed E-state index contributed by atoms with van der Waals surface area (Å²) in [5, 5.41) is 2.77. The monoisotopic (exact) mass is 273 g/mol. The quantitative estimate of drug-likeness (QED) is 0.920. The van der Waals surface area contributed by atoms with E-state index in [9.17, 15) is 9.18 Å². The molecule has 0 bridgehead atoms. The Morgan fingerprint density at radius 1 is 1.25 bits per heavy atom. The Labute approximate surface area is 117 Å². The van der Waals surface area contributed by atoms with E-state index >= 15 is 0 Å². The van der Waals surface area contributed by atoms with E-state index in [4.69, 9.17) is 4.74 Å². The highest BCUT2D eigenvalue weighted by molar-refractivity contribution is 6.05. The summed E-state index contributed by atoms with van der Waals surface area (Å²) in [6.07, 6.45) is 0. The van der Waals surface area contributed by atoms with Gasteiger partial charge in [0, 0.05) is 5.56 Å². The molecule has 0 aliphatic carbocycles. The van der Waals surface area contributed by atoms with Crippen molar-refractivity contribution in [1.29, 1.82) is 0 Å². The number of benzene rings is 2. The molecule has 0 aromatic heterocycles. The molecular weight excluding hydrogens is 257 g/mol. The summed E-state index contributed by atoms with van der Waals surface area (Å²) in [6.45, 7) is 4.02.